The maximum Gasteiger partial charge on any atom is 0.251 e. The van der Waals surface area contributed by atoms with Gasteiger partial charge in [0, 0.05) is 5.54 Å². The molecule has 0 aliphatic heterocycles. The van der Waals surface area contributed by atoms with Gasteiger partial charge in [0.15, 0.2) is 6.04 Å². The highest BCUT2D eigenvalue weighted by Gasteiger charge is 2.38. The molecule has 1 atom stereocenters. The van der Waals surface area contributed by atoms with Crippen molar-refractivity contribution in [2.75, 3.05) is 4.90 Å². The second-order valence-electron chi connectivity index (χ2n) is 9.03. The summed E-state index contributed by atoms with van der Waals surface area (Å²) in [5.74, 6) is -0.872. The van der Waals surface area contributed by atoms with Gasteiger partial charge in [0.25, 0.3) is 5.91 Å². The summed E-state index contributed by atoms with van der Waals surface area (Å²) in [4.78, 5) is 28.6. The molecule has 8 nitrogen and oxygen atoms in total. The van der Waals surface area contributed by atoms with E-state index in [0.717, 1.165) is 4.90 Å². The van der Waals surface area contributed by atoms with Crippen LogP contribution < -0.4 is 10.2 Å². The second-order valence-corrected chi connectivity index (χ2v) is 9.03. The van der Waals surface area contributed by atoms with Crippen LogP contribution in [0.1, 0.15) is 44.8 Å². The van der Waals surface area contributed by atoms with Crippen molar-refractivity contribution in [3.63, 3.8) is 0 Å². The Bertz CT molecular complexity index is 1360. The highest BCUT2D eigenvalue weighted by molar-refractivity contribution is 6.01. The van der Waals surface area contributed by atoms with Gasteiger partial charge in [0.2, 0.25) is 5.91 Å². The van der Waals surface area contributed by atoms with Gasteiger partial charge in [-0.2, -0.15) is 0 Å². The predicted molar refractivity (Wildman–Crippen MR) is 130 cm³/mol. The molecule has 0 saturated heterocycles. The molecule has 0 unspecified atom stereocenters. The second kappa shape index (κ2) is 9.69. The number of halogens is 1. The number of carbonyl (C=O) groups is 2. The topological polar surface area (TPSA) is 93.3 Å². The average molecular weight is 478 g/mol. The molecule has 9 heteroatoms. The van der Waals surface area contributed by atoms with E-state index in [2.05, 4.69) is 15.6 Å². The van der Waals surface area contributed by atoms with E-state index in [1.54, 1.807) is 37.3 Å². The van der Waals surface area contributed by atoms with Crippen LogP contribution in [0.2, 0.25) is 0 Å². The SMILES string of the molecule is CCC(C)(C)NC(=O)[C@@H](c1ccc(C)o1)N(C(=O)Cn1nnc2ccccc21)c1ccccc1F. The van der Waals surface area contributed by atoms with Crippen molar-refractivity contribution in [2.45, 2.75) is 52.2 Å². The average Bonchev–Trinajstić information content (AvgIpc) is 3.44. The number of benzene rings is 2. The number of anilines is 1. The van der Waals surface area contributed by atoms with Gasteiger partial charge in [0.1, 0.15) is 29.4 Å². The Hall–Kier alpha value is -4.01. The van der Waals surface area contributed by atoms with Gasteiger partial charge in [-0.05, 0) is 63.6 Å². The minimum absolute atomic E-state index is 0.0366. The quantitative estimate of drug-likeness (QED) is 0.402. The van der Waals surface area contributed by atoms with Crippen LogP contribution in [0.4, 0.5) is 10.1 Å². The lowest BCUT2D eigenvalue weighted by Gasteiger charge is -2.33. The number of hydrogen-bond acceptors (Lipinski definition) is 5. The third kappa shape index (κ3) is 5.08. The minimum Gasteiger partial charge on any atom is -0.464 e. The lowest BCUT2D eigenvalue weighted by molar-refractivity contribution is -0.128. The predicted octanol–water partition coefficient (Wildman–Crippen LogP) is 4.55. The Morgan fingerprint density at radius 3 is 2.51 bits per heavy atom. The fraction of sp³-hybridized carbons (Fsp3) is 0.308. The first-order valence-corrected chi connectivity index (χ1v) is 11.4. The molecule has 35 heavy (non-hydrogen) atoms. The van der Waals surface area contributed by atoms with Crippen molar-refractivity contribution in [1.29, 1.82) is 0 Å². The van der Waals surface area contributed by atoms with Crippen LogP contribution in [0.15, 0.2) is 65.1 Å². The zero-order valence-electron chi connectivity index (χ0n) is 20.2. The van der Waals surface area contributed by atoms with E-state index in [1.165, 1.54) is 22.9 Å². The van der Waals surface area contributed by atoms with Gasteiger partial charge < -0.3 is 9.73 Å². The fourth-order valence-corrected chi connectivity index (χ4v) is 3.77. The lowest BCUT2D eigenvalue weighted by atomic mass is 10.0. The number of aryl methyl sites for hydroxylation is 1. The van der Waals surface area contributed by atoms with Crippen LogP contribution in [0.5, 0.6) is 0 Å². The highest BCUT2D eigenvalue weighted by atomic mass is 19.1. The summed E-state index contributed by atoms with van der Waals surface area (Å²) in [6.07, 6.45) is 0.654. The molecular formula is C26H28FN5O3. The third-order valence-corrected chi connectivity index (χ3v) is 5.97. The smallest absolute Gasteiger partial charge is 0.251 e. The van der Waals surface area contributed by atoms with Gasteiger partial charge in [-0.1, -0.05) is 36.4 Å². The van der Waals surface area contributed by atoms with Crippen LogP contribution in [-0.4, -0.2) is 32.3 Å². The summed E-state index contributed by atoms with van der Waals surface area (Å²) in [7, 11) is 0. The number of hydrogen-bond donors (Lipinski definition) is 1. The van der Waals surface area contributed by atoms with Gasteiger partial charge in [-0.3, -0.25) is 14.5 Å². The molecule has 4 aromatic rings. The molecule has 2 amide bonds. The van der Waals surface area contributed by atoms with E-state index in [9.17, 15) is 9.59 Å². The Balaban J connectivity index is 1.81. The minimum atomic E-state index is -1.24. The lowest BCUT2D eigenvalue weighted by Crippen LogP contribution is -2.51. The van der Waals surface area contributed by atoms with E-state index in [4.69, 9.17) is 4.42 Å². The molecular weight excluding hydrogens is 449 g/mol. The molecule has 0 fully saturated rings. The maximum atomic E-state index is 15.1. The van der Waals surface area contributed by atoms with E-state index < -0.39 is 29.2 Å². The zero-order chi connectivity index (χ0) is 25.2. The summed E-state index contributed by atoms with van der Waals surface area (Å²) < 4.78 is 22.3. The fourth-order valence-electron chi connectivity index (χ4n) is 3.77. The standard InChI is InChI=1S/C26H28FN5O3/c1-5-26(3,4)28-25(34)24(22-15-14-17(2)35-22)32(20-12-8-6-10-18(20)27)23(33)16-31-21-13-9-7-11-19(21)29-30-31/h6-15,24H,5,16H2,1-4H3,(H,28,34)/t24-/m1/s1. The molecule has 0 spiro atoms. The maximum absolute atomic E-state index is 15.1. The molecule has 2 aromatic carbocycles. The van der Waals surface area contributed by atoms with Crippen molar-refractivity contribution in [3.8, 4) is 0 Å². The van der Waals surface area contributed by atoms with Crippen LogP contribution in [-0.2, 0) is 16.1 Å². The monoisotopic (exact) mass is 477 g/mol. The van der Waals surface area contributed by atoms with Crippen molar-refractivity contribution in [3.05, 3.63) is 78.0 Å². The summed E-state index contributed by atoms with van der Waals surface area (Å²) in [5.41, 5.74) is 0.684. The Kier molecular flexibility index (Phi) is 6.68. The first-order valence-electron chi connectivity index (χ1n) is 11.4. The first-order chi connectivity index (χ1) is 16.7. The number of amides is 2. The number of nitrogens with one attached hydrogen (secondary N) is 1. The summed E-state index contributed by atoms with van der Waals surface area (Å²) in [6, 6.07) is 15.2. The molecule has 2 heterocycles. The van der Waals surface area contributed by atoms with Gasteiger partial charge in [-0.15, -0.1) is 5.10 Å². The number of carbonyl (C=O) groups excluding carboxylic acids is 2. The third-order valence-electron chi connectivity index (χ3n) is 5.97. The molecule has 4 rings (SSSR count). The molecule has 0 aliphatic rings. The number of nitrogens with zero attached hydrogens (tertiary/aromatic N) is 4. The molecule has 182 valence electrons. The van der Waals surface area contributed by atoms with E-state index in [1.807, 2.05) is 32.9 Å². The Morgan fingerprint density at radius 2 is 1.83 bits per heavy atom. The largest absolute Gasteiger partial charge is 0.464 e. The molecule has 0 bridgehead atoms. The number of aromatic nitrogens is 3. The van der Waals surface area contributed by atoms with Gasteiger partial charge in [0.05, 0.1) is 11.2 Å². The summed E-state index contributed by atoms with van der Waals surface area (Å²) >= 11 is 0. The Labute approximate surface area is 202 Å². The highest BCUT2D eigenvalue weighted by Crippen LogP contribution is 2.32. The van der Waals surface area contributed by atoms with Crippen LogP contribution in [0, 0.1) is 12.7 Å². The summed E-state index contributed by atoms with van der Waals surface area (Å²) in [5, 5.41) is 11.2. The summed E-state index contributed by atoms with van der Waals surface area (Å²) in [6.45, 7) is 7.20. The number of furan rings is 1. The number of fused-ring (bicyclic) bond motifs is 1. The molecule has 2 aromatic heterocycles. The van der Waals surface area contributed by atoms with Crippen LogP contribution in [0.25, 0.3) is 11.0 Å². The van der Waals surface area contributed by atoms with Crippen molar-refractivity contribution in [2.24, 2.45) is 0 Å². The Morgan fingerprint density at radius 1 is 1.11 bits per heavy atom. The molecule has 0 aliphatic carbocycles. The normalized spacial score (nSPS) is 12.5. The van der Waals surface area contributed by atoms with Crippen LogP contribution >= 0.6 is 0 Å². The number of rotatable bonds is 8. The van der Waals surface area contributed by atoms with Crippen molar-refractivity contribution < 1.29 is 18.4 Å². The van der Waals surface area contributed by atoms with Crippen molar-refractivity contribution >= 4 is 28.5 Å². The number of para-hydroxylation sites is 2. The van der Waals surface area contributed by atoms with E-state index in [0.29, 0.717) is 23.2 Å². The van der Waals surface area contributed by atoms with Crippen molar-refractivity contribution in [1.82, 2.24) is 20.3 Å². The molecule has 1 N–H and O–H groups in total. The van der Waals surface area contributed by atoms with Gasteiger partial charge in [-0.25, -0.2) is 9.07 Å². The molecule has 0 saturated carbocycles. The molecule has 0 radical (unpaired) electrons. The van der Waals surface area contributed by atoms with E-state index >= 15 is 4.39 Å². The first kappa shape index (κ1) is 24.1. The zero-order valence-corrected chi connectivity index (χ0v) is 20.2. The van der Waals surface area contributed by atoms with Gasteiger partial charge >= 0.3 is 0 Å². The van der Waals surface area contributed by atoms with Crippen LogP contribution in [0.3, 0.4) is 0 Å². The van der Waals surface area contributed by atoms with E-state index in [-0.39, 0.29) is 18.0 Å².